The van der Waals surface area contributed by atoms with Gasteiger partial charge in [-0.25, -0.2) is 4.79 Å². The van der Waals surface area contributed by atoms with Gasteiger partial charge in [-0.15, -0.1) is 0 Å². The second kappa shape index (κ2) is 7.34. The average Bonchev–Trinajstić information content (AvgIpc) is 2.81. The zero-order valence-corrected chi connectivity index (χ0v) is 13.9. The van der Waals surface area contributed by atoms with Gasteiger partial charge in [0.1, 0.15) is 5.60 Å². The third-order valence-corrected chi connectivity index (χ3v) is 3.19. The topological polar surface area (TPSA) is 32.8 Å². The van der Waals surface area contributed by atoms with E-state index in [0.717, 1.165) is 13.0 Å². The first kappa shape index (κ1) is 17.3. The predicted molar refractivity (Wildman–Crippen MR) is 87.0 cm³/mol. The standard InChI is InChI=1S/C17H28N2O2/c1-7-8-14(9-11-18(5)6)15-10-12-19(13-15)16(20)21-17(2,3)4/h7-9,11,15H,1,10,12-13H2,2-6H3/b11-9-,14-8+. The Morgan fingerprint density at radius 1 is 1.38 bits per heavy atom. The molecule has 0 aromatic heterocycles. The van der Waals surface area contributed by atoms with E-state index in [-0.39, 0.29) is 6.09 Å². The Kier molecular flexibility index (Phi) is 6.06. The minimum Gasteiger partial charge on any atom is -0.444 e. The molecule has 1 aliphatic rings. The molecule has 1 unspecified atom stereocenters. The van der Waals surface area contributed by atoms with Gasteiger partial charge in [-0.1, -0.05) is 18.7 Å². The molecule has 0 radical (unpaired) electrons. The third kappa shape index (κ3) is 6.06. The molecule has 0 saturated carbocycles. The SMILES string of the molecule is C=C/C=C(\C=C/N(C)C)C1CCN(C(=O)OC(C)(C)C)C1. The monoisotopic (exact) mass is 292 g/mol. The van der Waals surface area contributed by atoms with Gasteiger partial charge < -0.3 is 14.5 Å². The van der Waals surface area contributed by atoms with Crippen LogP contribution in [-0.4, -0.2) is 48.7 Å². The van der Waals surface area contributed by atoms with Crippen LogP contribution < -0.4 is 0 Å². The number of rotatable bonds is 4. The highest BCUT2D eigenvalue weighted by Crippen LogP contribution is 2.26. The normalized spacial score (nSPS) is 20.0. The summed E-state index contributed by atoms with van der Waals surface area (Å²) >= 11 is 0. The third-order valence-electron chi connectivity index (χ3n) is 3.19. The molecule has 1 atom stereocenters. The summed E-state index contributed by atoms with van der Waals surface area (Å²) in [6.07, 6.45) is 8.65. The summed E-state index contributed by atoms with van der Waals surface area (Å²) in [6.45, 7) is 10.9. The van der Waals surface area contributed by atoms with Crippen molar-refractivity contribution in [2.75, 3.05) is 27.2 Å². The molecule has 1 rings (SSSR count). The van der Waals surface area contributed by atoms with Gasteiger partial charge in [0.2, 0.25) is 0 Å². The van der Waals surface area contributed by atoms with Crippen molar-refractivity contribution in [2.24, 2.45) is 5.92 Å². The predicted octanol–water partition coefficient (Wildman–Crippen LogP) is 3.43. The van der Waals surface area contributed by atoms with Crippen molar-refractivity contribution in [3.63, 3.8) is 0 Å². The van der Waals surface area contributed by atoms with Crippen molar-refractivity contribution < 1.29 is 9.53 Å². The first-order valence-corrected chi connectivity index (χ1v) is 7.38. The fourth-order valence-electron chi connectivity index (χ4n) is 2.22. The van der Waals surface area contributed by atoms with Gasteiger partial charge >= 0.3 is 6.09 Å². The molecular formula is C17H28N2O2. The number of allylic oxidation sites excluding steroid dienone is 3. The molecule has 1 fully saturated rings. The molecule has 0 bridgehead atoms. The number of likely N-dealkylation sites (tertiary alicyclic amines) is 1. The van der Waals surface area contributed by atoms with Gasteiger partial charge in [0.05, 0.1) is 0 Å². The Bertz CT molecular complexity index is 431. The van der Waals surface area contributed by atoms with E-state index in [1.165, 1.54) is 5.57 Å². The van der Waals surface area contributed by atoms with Crippen molar-refractivity contribution in [1.29, 1.82) is 0 Å². The van der Waals surface area contributed by atoms with Crippen LogP contribution in [0.25, 0.3) is 0 Å². The Morgan fingerprint density at radius 3 is 2.57 bits per heavy atom. The van der Waals surface area contributed by atoms with E-state index in [4.69, 9.17) is 4.74 Å². The second-order valence-electron chi connectivity index (χ2n) is 6.59. The molecule has 0 aromatic carbocycles. The molecule has 4 heteroatoms. The summed E-state index contributed by atoms with van der Waals surface area (Å²) in [5.74, 6) is 0.340. The van der Waals surface area contributed by atoms with Gasteiger partial charge in [0.25, 0.3) is 0 Å². The van der Waals surface area contributed by atoms with Crippen LogP contribution in [0.3, 0.4) is 0 Å². The summed E-state index contributed by atoms with van der Waals surface area (Å²) in [4.78, 5) is 15.9. The summed E-state index contributed by atoms with van der Waals surface area (Å²) in [5.41, 5.74) is 0.754. The number of hydrogen-bond acceptors (Lipinski definition) is 3. The quantitative estimate of drug-likeness (QED) is 0.744. The highest BCUT2D eigenvalue weighted by Gasteiger charge is 2.30. The van der Waals surface area contributed by atoms with E-state index in [2.05, 4.69) is 12.7 Å². The van der Waals surface area contributed by atoms with Gasteiger partial charge in [0.15, 0.2) is 0 Å². The fraction of sp³-hybridized carbons (Fsp3) is 0.588. The van der Waals surface area contributed by atoms with Crippen LogP contribution in [0.15, 0.2) is 36.6 Å². The molecule has 4 nitrogen and oxygen atoms in total. The highest BCUT2D eigenvalue weighted by atomic mass is 16.6. The molecule has 1 saturated heterocycles. The lowest BCUT2D eigenvalue weighted by Crippen LogP contribution is -2.35. The second-order valence-corrected chi connectivity index (χ2v) is 6.59. The van der Waals surface area contributed by atoms with Gasteiger partial charge in [-0.2, -0.15) is 0 Å². The molecule has 1 amide bonds. The maximum atomic E-state index is 12.1. The smallest absolute Gasteiger partial charge is 0.410 e. The number of carbonyl (C=O) groups excluding carboxylic acids is 1. The van der Waals surface area contributed by atoms with Crippen LogP contribution in [0, 0.1) is 5.92 Å². The zero-order valence-electron chi connectivity index (χ0n) is 13.9. The number of carbonyl (C=O) groups is 1. The first-order chi connectivity index (χ1) is 9.73. The molecule has 0 spiro atoms. The van der Waals surface area contributed by atoms with Crippen molar-refractivity contribution >= 4 is 6.09 Å². The molecule has 1 aliphatic heterocycles. The van der Waals surface area contributed by atoms with E-state index in [9.17, 15) is 4.79 Å². The molecular weight excluding hydrogens is 264 g/mol. The van der Waals surface area contributed by atoms with Gasteiger partial charge in [-0.05, 0) is 45.0 Å². The van der Waals surface area contributed by atoms with Crippen LogP contribution in [0.1, 0.15) is 27.2 Å². The molecule has 21 heavy (non-hydrogen) atoms. The summed E-state index contributed by atoms with van der Waals surface area (Å²) in [5, 5.41) is 0. The Labute approximate surface area is 128 Å². The van der Waals surface area contributed by atoms with Crippen molar-refractivity contribution in [1.82, 2.24) is 9.80 Å². The molecule has 0 N–H and O–H groups in total. The van der Waals surface area contributed by atoms with Crippen molar-refractivity contribution in [3.05, 3.63) is 36.6 Å². The number of amides is 1. The number of nitrogens with zero attached hydrogens (tertiary/aromatic N) is 2. The minimum atomic E-state index is -0.445. The Balaban J connectivity index is 2.69. The molecule has 1 heterocycles. The van der Waals surface area contributed by atoms with Crippen LogP contribution in [0.5, 0.6) is 0 Å². The lowest BCUT2D eigenvalue weighted by Gasteiger charge is -2.24. The van der Waals surface area contributed by atoms with E-state index in [1.807, 2.05) is 52.0 Å². The van der Waals surface area contributed by atoms with Crippen molar-refractivity contribution in [3.8, 4) is 0 Å². The summed E-state index contributed by atoms with van der Waals surface area (Å²) in [7, 11) is 3.98. The highest BCUT2D eigenvalue weighted by molar-refractivity contribution is 5.68. The largest absolute Gasteiger partial charge is 0.444 e. The Morgan fingerprint density at radius 2 is 2.05 bits per heavy atom. The van der Waals surface area contributed by atoms with E-state index < -0.39 is 5.60 Å². The Hall–Kier alpha value is -1.71. The molecule has 0 aromatic rings. The van der Waals surface area contributed by atoms with Crippen LogP contribution in [-0.2, 0) is 4.74 Å². The van der Waals surface area contributed by atoms with Crippen molar-refractivity contribution in [2.45, 2.75) is 32.8 Å². The summed E-state index contributed by atoms with van der Waals surface area (Å²) < 4.78 is 5.43. The maximum absolute atomic E-state index is 12.1. The zero-order chi connectivity index (χ0) is 16.0. The first-order valence-electron chi connectivity index (χ1n) is 7.38. The van der Waals surface area contributed by atoms with E-state index in [0.29, 0.717) is 12.5 Å². The fourth-order valence-corrected chi connectivity index (χ4v) is 2.22. The van der Waals surface area contributed by atoms with Gasteiger partial charge in [-0.3, -0.25) is 0 Å². The van der Waals surface area contributed by atoms with Crippen LogP contribution in [0.4, 0.5) is 4.79 Å². The lowest BCUT2D eigenvalue weighted by molar-refractivity contribution is 0.0290. The maximum Gasteiger partial charge on any atom is 0.410 e. The lowest BCUT2D eigenvalue weighted by atomic mass is 9.97. The molecule has 0 aliphatic carbocycles. The van der Waals surface area contributed by atoms with Crippen LogP contribution in [0.2, 0.25) is 0 Å². The summed E-state index contributed by atoms with van der Waals surface area (Å²) in [6, 6.07) is 0. The van der Waals surface area contributed by atoms with E-state index >= 15 is 0 Å². The minimum absolute atomic E-state index is 0.223. The van der Waals surface area contributed by atoms with E-state index in [1.54, 1.807) is 11.0 Å². The number of ether oxygens (including phenoxy) is 1. The number of hydrogen-bond donors (Lipinski definition) is 0. The van der Waals surface area contributed by atoms with Crippen LogP contribution >= 0.6 is 0 Å². The van der Waals surface area contributed by atoms with Gasteiger partial charge in [0, 0.05) is 33.1 Å². The average molecular weight is 292 g/mol. The molecule has 118 valence electrons.